The predicted molar refractivity (Wildman–Crippen MR) is 58.8 cm³/mol. The fourth-order valence-corrected chi connectivity index (χ4v) is 2.47. The van der Waals surface area contributed by atoms with Crippen molar-refractivity contribution in [2.75, 3.05) is 30.4 Å². The summed E-state index contributed by atoms with van der Waals surface area (Å²) < 4.78 is 9.54. The Hall–Kier alpha value is -0.810. The lowest BCUT2D eigenvalue weighted by Crippen LogP contribution is -2.44. The zero-order chi connectivity index (χ0) is 9.97. The van der Waals surface area contributed by atoms with Crippen LogP contribution in [0.2, 0.25) is 0 Å². The number of ether oxygens (including phenoxy) is 1. The van der Waals surface area contributed by atoms with Crippen LogP contribution in [-0.4, -0.2) is 30.2 Å². The summed E-state index contributed by atoms with van der Waals surface area (Å²) in [4.78, 5) is 2.34. The first kappa shape index (κ1) is 9.73. The number of nitrogens with zero attached hydrogens (tertiary/aromatic N) is 2. The van der Waals surface area contributed by atoms with E-state index in [0.717, 1.165) is 31.2 Å². The Bertz CT molecular complexity index is 302. The molecule has 1 saturated heterocycles. The predicted octanol–water partition coefficient (Wildman–Crippen LogP) is 1.34. The average Bonchev–Trinajstić information content (AvgIpc) is 2.65. The minimum atomic E-state index is 0.476. The maximum Gasteiger partial charge on any atom is 0.139 e. The third kappa shape index (κ3) is 1.83. The van der Waals surface area contributed by atoms with Crippen molar-refractivity contribution in [1.29, 1.82) is 0 Å². The summed E-state index contributed by atoms with van der Waals surface area (Å²) in [7, 11) is 0. The van der Waals surface area contributed by atoms with Gasteiger partial charge in [0.15, 0.2) is 0 Å². The van der Waals surface area contributed by atoms with E-state index in [0.29, 0.717) is 11.9 Å². The average molecular weight is 213 g/mol. The smallest absolute Gasteiger partial charge is 0.139 e. The first-order chi connectivity index (χ1) is 6.81. The summed E-state index contributed by atoms with van der Waals surface area (Å²) in [5, 5.41) is 1.16. The van der Waals surface area contributed by atoms with E-state index in [-0.39, 0.29) is 0 Å². The quantitative estimate of drug-likeness (QED) is 0.805. The molecule has 1 aliphatic rings. The Morgan fingerprint density at radius 3 is 3.29 bits per heavy atom. The number of hydrogen-bond donors (Lipinski definition) is 1. The molecule has 1 aromatic heterocycles. The van der Waals surface area contributed by atoms with E-state index in [1.165, 1.54) is 11.5 Å². The zero-order valence-electron chi connectivity index (χ0n) is 8.27. The standard InChI is InChI=1S/C9H15N3OS/c1-2-7-6-13-4-3-12(7)9-5-8(10)11-14-9/h5,7H,2-4,6H2,1H3,(H2,10,11). The molecule has 2 N–H and O–H groups in total. The van der Waals surface area contributed by atoms with Gasteiger partial charge in [0.1, 0.15) is 10.8 Å². The van der Waals surface area contributed by atoms with Crippen LogP contribution in [-0.2, 0) is 4.74 Å². The highest BCUT2D eigenvalue weighted by atomic mass is 32.1. The van der Waals surface area contributed by atoms with E-state index in [1.807, 2.05) is 6.07 Å². The zero-order valence-corrected chi connectivity index (χ0v) is 9.09. The van der Waals surface area contributed by atoms with E-state index < -0.39 is 0 Å². The number of nitrogens with two attached hydrogens (primary N) is 1. The fraction of sp³-hybridized carbons (Fsp3) is 0.667. The summed E-state index contributed by atoms with van der Waals surface area (Å²) in [5.41, 5.74) is 5.61. The third-order valence-corrected chi connectivity index (χ3v) is 3.34. The van der Waals surface area contributed by atoms with Gasteiger partial charge < -0.3 is 15.4 Å². The topological polar surface area (TPSA) is 51.4 Å². The Kier molecular flexibility index (Phi) is 2.88. The molecule has 1 unspecified atom stereocenters. The van der Waals surface area contributed by atoms with Gasteiger partial charge in [-0.2, -0.15) is 4.37 Å². The molecule has 1 aliphatic heterocycles. The Morgan fingerprint density at radius 1 is 1.79 bits per heavy atom. The fourth-order valence-electron chi connectivity index (χ4n) is 1.70. The molecule has 0 aliphatic carbocycles. The minimum absolute atomic E-state index is 0.476. The van der Waals surface area contributed by atoms with E-state index in [2.05, 4.69) is 16.2 Å². The van der Waals surface area contributed by atoms with Crippen molar-refractivity contribution in [2.45, 2.75) is 19.4 Å². The van der Waals surface area contributed by atoms with Gasteiger partial charge >= 0.3 is 0 Å². The van der Waals surface area contributed by atoms with Crippen molar-refractivity contribution in [1.82, 2.24) is 4.37 Å². The summed E-state index contributed by atoms with van der Waals surface area (Å²) >= 11 is 1.47. The molecule has 0 bridgehead atoms. The van der Waals surface area contributed by atoms with Crippen molar-refractivity contribution in [3.05, 3.63) is 6.07 Å². The second-order valence-electron chi connectivity index (χ2n) is 3.42. The van der Waals surface area contributed by atoms with Gasteiger partial charge in [0.25, 0.3) is 0 Å². The lowest BCUT2D eigenvalue weighted by atomic mass is 10.2. The molecule has 2 heterocycles. The van der Waals surface area contributed by atoms with Crippen LogP contribution in [0, 0.1) is 0 Å². The second-order valence-corrected chi connectivity index (χ2v) is 4.20. The lowest BCUT2D eigenvalue weighted by molar-refractivity contribution is 0.0933. The molecule has 0 amide bonds. The van der Waals surface area contributed by atoms with Gasteiger partial charge in [0.05, 0.1) is 19.3 Å². The Labute approximate surface area is 87.8 Å². The van der Waals surface area contributed by atoms with Crippen molar-refractivity contribution in [2.24, 2.45) is 0 Å². The van der Waals surface area contributed by atoms with E-state index >= 15 is 0 Å². The Balaban J connectivity index is 2.14. The molecule has 0 spiro atoms. The molecule has 2 rings (SSSR count). The van der Waals surface area contributed by atoms with Crippen molar-refractivity contribution in [3.8, 4) is 0 Å². The van der Waals surface area contributed by atoms with Gasteiger partial charge in [-0.3, -0.25) is 0 Å². The SMILES string of the molecule is CCC1COCCN1c1cc(N)ns1. The molecule has 14 heavy (non-hydrogen) atoms. The highest BCUT2D eigenvalue weighted by molar-refractivity contribution is 7.10. The number of anilines is 2. The van der Waals surface area contributed by atoms with Crippen LogP contribution < -0.4 is 10.6 Å². The van der Waals surface area contributed by atoms with Gasteiger partial charge in [-0.1, -0.05) is 6.92 Å². The molecule has 1 atom stereocenters. The second kappa shape index (κ2) is 4.14. The number of nitrogen functional groups attached to an aromatic ring is 1. The first-order valence-electron chi connectivity index (χ1n) is 4.88. The number of morpholine rings is 1. The molecular formula is C9H15N3OS. The van der Waals surface area contributed by atoms with Gasteiger partial charge in [0, 0.05) is 12.6 Å². The van der Waals surface area contributed by atoms with Gasteiger partial charge in [-0.05, 0) is 18.0 Å². The van der Waals surface area contributed by atoms with E-state index in [9.17, 15) is 0 Å². The van der Waals surface area contributed by atoms with Crippen LogP contribution in [0.25, 0.3) is 0 Å². The third-order valence-electron chi connectivity index (χ3n) is 2.50. The summed E-state index contributed by atoms with van der Waals surface area (Å²) in [6.07, 6.45) is 1.10. The van der Waals surface area contributed by atoms with Crippen LogP contribution in [0.5, 0.6) is 0 Å². The molecule has 4 nitrogen and oxygen atoms in total. The summed E-state index contributed by atoms with van der Waals surface area (Å²) in [6, 6.07) is 2.42. The van der Waals surface area contributed by atoms with Crippen molar-refractivity contribution >= 4 is 22.4 Å². The molecule has 5 heteroatoms. The summed E-state index contributed by atoms with van der Waals surface area (Å²) in [5.74, 6) is 0.617. The van der Waals surface area contributed by atoms with Crippen molar-refractivity contribution < 1.29 is 4.74 Å². The maximum atomic E-state index is 5.61. The van der Waals surface area contributed by atoms with Crippen LogP contribution in [0.1, 0.15) is 13.3 Å². The molecular weight excluding hydrogens is 198 g/mol. The largest absolute Gasteiger partial charge is 0.383 e. The van der Waals surface area contributed by atoms with Crippen LogP contribution in [0.4, 0.5) is 10.8 Å². The molecule has 78 valence electrons. The van der Waals surface area contributed by atoms with Gasteiger partial charge in [-0.15, -0.1) is 0 Å². The number of hydrogen-bond acceptors (Lipinski definition) is 5. The van der Waals surface area contributed by atoms with Crippen LogP contribution >= 0.6 is 11.5 Å². The maximum absolute atomic E-state index is 5.61. The summed E-state index contributed by atoms with van der Waals surface area (Å²) in [6.45, 7) is 4.74. The molecule has 1 aromatic rings. The number of rotatable bonds is 2. The van der Waals surface area contributed by atoms with E-state index in [4.69, 9.17) is 10.5 Å². The molecule has 0 radical (unpaired) electrons. The Morgan fingerprint density at radius 2 is 2.64 bits per heavy atom. The van der Waals surface area contributed by atoms with Crippen LogP contribution in [0.15, 0.2) is 6.07 Å². The number of aromatic nitrogens is 1. The molecule has 0 aromatic carbocycles. The molecule has 1 fully saturated rings. The van der Waals surface area contributed by atoms with E-state index in [1.54, 1.807) is 0 Å². The van der Waals surface area contributed by atoms with Gasteiger partial charge in [0.2, 0.25) is 0 Å². The van der Waals surface area contributed by atoms with Gasteiger partial charge in [-0.25, -0.2) is 0 Å². The minimum Gasteiger partial charge on any atom is -0.383 e. The highest BCUT2D eigenvalue weighted by Crippen LogP contribution is 2.27. The first-order valence-corrected chi connectivity index (χ1v) is 5.65. The molecule has 0 saturated carbocycles. The van der Waals surface area contributed by atoms with Crippen LogP contribution in [0.3, 0.4) is 0 Å². The normalized spacial score (nSPS) is 22.6. The lowest BCUT2D eigenvalue weighted by Gasteiger charge is -2.35. The monoisotopic (exact) mass is 213 g/mol. The highest BCUT2D eigenvalue weighted by Gasteiger charge is 2.22. The van der Waals surface area contributed by atoms with Crippen molar-refractivity contribution in [3.63, 3.8) is 0 Å².